The van der Waals surface area contributed by atoms with E-state index in [4.69, 9.17) is 16.6 Å². The monoisotopic (exact) mass is 383 g/mol. The number of likely N-dealkylation sites (tertiary alicyclic amines) is 1. The Morgan fingerprint density at radius 2 is 1.89 bits per heavy atom. The Kier molecular flexibility index (Phi) is 4.57. The second-order valence-electron chi connectivity index (χ2n) is 8.45. The van der Waals surface area contributed by atoms with Crippen LogP contribution in [0.15, 0.2) is 24.3 Å². The van der Waals surface area contributed by atoms with Crippen LogP contribution in [0.3, 0.4) is 0 Å². The van der Waals surface area contributed by atoms with E-state index in [1.807, 2.05) is 29.2 Å². The topological polar surface area (TPSA) is 45.2 Å². The van der Waals surface area contributed by atoms with Crippen LogP contribution in [0, 0.1) is 5.92 Å². The lowest BCUT2D eigenvalue weighted by Crippen LogP contribution is -2.45. The van der Waals surface area contributed by atoms with Gasteiger partial charge in [-0.3, -0.25) is 9.78 Å². The van der Waals surface area contributed by atoms with Crippen molar-refractivity contribution >= 4 is 28.4 Å². The van der Waals surface area contributed by atoms with Gasteiger partial charge in [-0.2, -0.15) is 0 Å². The van der Waals surface area contributed by atoms with Crippen molar-refractivity contribution in [3.63, 3.8) is 0 Å². The molecule has 1 aromatic heterocycles. The van der Waals surface area contributed by atoms with Crippen LogP contribution < -0.4 is 5.32 Å². The quantitative estimate of drug-likeness (QED) is 0.833. The van der Waals surface area contributed by atoms with Crippen molar-refractivity contribution in [3.05, 3.63) is 40.5 Å². The van der Waals surface area contributed by atoms with E-state index in [1.165, 1.54) is 25.7 Å². The SMILES string of the molecule is O=C(c1cc(C2CC2)nc2ccc(Cl)cc12)N1CCC(NCC2CC2)CC1. The van der Waals surface area contributed by atoms with E-state index in [0.29, 0.717) is 17.0 Å². The maximum absolute atomic E-state index is 13.3. The number of pyridine rings is 1. The van der Waals surface area contributed by atoms with Gasteiger partial charge >= 0.3 is 0 Å². The predicted molar refractivity (Wildman–Crippen MR) is 108 cm³/mol. The van der Waals surface area contributed by atoms with Gasteiger partial charge in [0.25, 0.3) is 5.91 Å². The van der Waals surface area contributed by atoms with Gasteiger partial charge < -0.3 is 10.2 Å². The highest BCUT2D eigenvalue weighted by molar-refractivity contribution is 6.31. The van der Waals surface area contributed by atoms with Crippen molar-refractivity contribution < 1.29 is 4.79 Å². The van der Waals surface area contributed by atoms with Gasteiger partial charge in [-0.05, 0) is 75.3 Å². The minimum absolute atomic E-state index is 0.132. The first-order valence-corrected chi connectivity index (χ1v) is 10.7. The highest BCUT2D eigenvalue weighted by atomic mass is 35.5. The third-order valence-electron chi connectivity index (χ3n) is 6.19. The van der Waals surface area contributed by atoms with Gasteiger partial charge in [0.2, 0.25) is 0 Å². The van der Waals surface area contributed by atoms with Gasteiger partial charge in [-0.15, -0.1) is 0 Å². The van der Waals surface area contributed by atoms with E-state index in [9.17, 15) is 4.79 Å². The Hall–Kier alpha value is -1.65. The van der Waals surface area contributed by atoms with Crippen LogP contribution in [0.5, 0.6) is 0 Å². The fourth-order valence-electron chi connectivity index (χ4n) is 4.10. The lowest BCUT2D eigenvalue weighted by atomic mass is 10.0. The number of nitrogens with one attached hydrogen (secondary N) is 1. The van der Waals surface area contributed by atoms with Crippen LogP contribution in [-0.2, 0) is 0 Å². The van der Waals surface area contributed by atoms with E-state index in [0.717, 1.165) is 60.6 Å². The third-order valence-corrected chi connectivity index (χ3v) is 6.43. The number of hydrogen-bond acceptors (Lipinski definition) is 3. The molecule has 3 fully saturated rings. The summed E-state index contributed by atoms with van der Waals surface area (Å²) in [5.74, 6) is 1.56. The van der Waals surface area contributed by atoms with Gasteiger partial charge in [0.05, 0.1) is 11.1 Å². The molecule has 2 saturated carbocycles. The first kappa shape index (κ1) is 17.4. The molecule has 0 unspecified atom stereocenters. The molecule has 1 aliphatic heterocycles. The number of rotatable bonds is 5. The van der Waals surface area contributed by atoms with E-state index in [2.05, 4.69) is 5.32 Å². The summed E-state index contributed by atoms with van der Waals surface area (Å²) >= 11 is 6.22. The zero-order valence-electron chi connectivity index (χ0n) is 15.6. The number of aromatic nitrogens is 1. The van der Waals surface area contributed by atoms with E-state index in [1.54, 1.807) is 0 Å². The van der Waals surface area contributed by atoms with Crippen molar-refractivity contribution in [1.82, 2.24) is 15.2 Å². The second-order valence-corrected chi connectivity index (χ2v) is 8.88. The lowest BCUT2D eigenvalue weighted by molar-refractivity contribution is 0.0707. The fraction of sp³-hybridized carbons (Fsp3) is 0.545. The molecule has 0 atom stereocenters. The number of halogens is 1. The summed E-state index contributed by atoms with van der Waals surface area (Å²) in [6.07, 6.45) is 7.20. The molecule has 3 aliphatic rings. The molecule has 1 saturated heterocycles. The van der Waals surface area contributed by atoms with Gasteiger partial charge in [0.1, 0.15) is 0 Å². The second kappa shape index (κ2) is 7.06. The van der Waals surface area contributed by atoms with Crippen molar-refractivity contribution in [2.24, 2.45) is 5.92 Å². The molecule has 0 radical (unpaired) electrons. The molecule has 4 nitrogen and oxygen atoms in total. The summed E-state index contributed by atoms with van der Waals surface area (Å²) in [4.78, 5) is 20.1. The minimum atomic E-state index is 0.132. The maximum Gasteiger partial charge on any atom is 0.254 e. The summed E-state index contributed by atoms with van der Waals surface area (Å²) in [6, 6.07) is 8.27. The largest absolute Gasteiger partial charge is 0.339 e. The average molecular weight is 384 g/mol. The summed E-state index contributed by atoms with van der Waals surface area (Å²) in [5.41, 5.74) is 2.72. The Balaban J connectivity index is 1.36. The first-order valence-electron chi connectivity index (χ1n) is 10.3. The van der Waals surface area contributed by atoms with Crippen LogP contribution in [0.25, 0.3) is 10.9 Å². The smallest absolute Gasteiger partial charge is 0.254 e. The molecule has 2 heterocycles. The molecule has 5 heteroatoms. The summed E-state index contributed by atoms with van der Waals surface area (Å²) in [6.45, 7) is 2.80. The number of benzene rings is 1. The standard InChI is InChI=1S/C22H26ClN3O/c23-16-5-6-20-18(11-16)19(12-21(25-20)15-3-4-15)22(27)26-9-7-17(8-10-26)24-13-14-1-2-14/h5-6,11-12,14-15,17,24H,1-4,7-10,13H2. The normalized spacial score (nSPS) is 21.0. The van der Waals surface area contributed by atoms with E-state index in [-0.39, 0.29) is 5.91 Å². The van der Waals surface area contributed by atoms with Crippen molar-refractivity contribution in [1.29, 1.82) is 0 Å². The number of carbonyl (C=O) groups is 1. The van der Waals surface area contributed by atoms with Gasteiger partial charge in [-0.1, -0.05) is 11.6 Å². The van der Waals surface area contributed by atoms with Gasteiger partial charge in [0.15, 0.2) is 0 Å². The highest BCUT2D eigenvalue weighted by Gasteiger charge is 2.30. The molecular weight excluding hydrogens is 358 g/mol. The summed E-state index contributed by atoms with van der Waals surface area (Å²) < 4.78 is 0. The first-order chi connectivity index (χ1) is 13.2. The van der Waals surface area contributed by atoms with E-state index >= 15 is 0 Å². The zero-order valence-corrected chi connectivity index (χ0v) is 16.3. The summed E-state index contributed by atoms with van der Waals surface area (Å²) in [7, 11) is 0. The van der Waals surface area contributed by atoms with E-state index < -0.39 is 0 Å². The molecular formula is C22H26ClN3O. The molecule has 142 valence electrons. The van der Waals surface area contributed by atoms with Crippen LogP contribution in [0.1, 0.15) is 60.5 Å². The number of piperidine rings is 1. The average Bonchev–Trinajstić information content (AvgIpc) is 3.59. The van der Waals surface area contributed by atoms with Crippen LogP contribution in [0.4, 0.5) is 0 Å². The minimum Gasteiger partial charge on any atom is -0.339 e. The molecule has 0 bridgehead atoms. The Labute approximate surface area is 165 Å². The predicted octanol–water partition coefficient (Wildman–Crippen LogP) is 4.37. The Morgan fingerprint density at radius 1 is 1.11 bits per heavy atom. The maximum atomic E-state index is 13.3. The Bertz CT molecular complexity index is 867. The van der Waals surface area contributed by atoms with Crippen LogP contribution in [0.2, 0.25) is 5.02 Å². The zero-order chi connectivity index (χ0) is 18.4. The van der Waals surface area contributed by atoms with Crippen molar-refractivity contribution in [3.8, 4) is 0 Å². The molecule has 2 aliphatic carbocycles. The van der Waals surface area contributed by atoms with Crippen LogP contribution >= 0.6 is 11.6 Å². The van der Waals surface area contributed by atoms with Crippen molar-refractivity contribution in [2.75, 3.05) is 19.6 Å². The van der Waals surface area contributed by atoms with Gasteiger partial charge in [-0.25, -0.2) is 0 Å². The number of nitrogens with zero attached hydrogens (tertiary/aromatic N) is 2. The number of fused-ring (bicyclic) bond motifs is 1. The highest BCUT2D eigenvalue weighted by Crippen LogP contribution is 2.40. The third kappa shape index (κ3) is 3.83. The molecule has 5 rings (SSSR count). The molecule has 0 spiro atoms. The molecule has 2 aromatic rings. The molecule has 1 N–H and O–H groups in total. The fourth-order valence-corrected chi connectivity index (χ4v) is 4.27. The number of hydrogen-bond donors (Lipinski definition) is 1. The van der Waals surface area contributed by atoms with Crippen molar-refractivity contribution in [2.45, 2.75) is 50.5 Å². The summed E-state index contributed by atoms with van der Waals surface area (Å²) in [5, 5.41) is 5.22. The Morgan fingerprint density at radius 3 is 2.59 bits per heavy atom. The molecule has 1 amide bonds. The molecule has 1 aromatic carbocycles. The number of carbonyl (C=O) groups excluding carboxylic acids is 1. The lowest BCUT2D eigenvalue weighted by Gasteiger charge is -2.33. The number of amides is 1. The van der Waals surface area contributed by atoms with Gasteiger partial charge in [0, 0.05) is 41.2 Å². The molecule has 27 heavy (non-hydrogen) atoms. The van der Waals surface area contributed by atoms with Crippen LogP contribution in [-0.4, -0.2) is 41.5 Å².